The van der Waals surface area contributed by atoms with Gasteiger partial charge in [0.15, 0.2) is 22.4 Å². The number of nitrogens with one attached hydrogen (secondary N) is 1. The van der Waals surface area contributed by atoms with Crippen LogP contribution < -0.4 is 15.8 Å². The van der Waals surface area contributed by atoms with Gasteiger partial charge >= 0.3 is 5.97 Å². The van der Waals surface area contributed by atoms with E-state index in [9.17, 15) is 19.1 Å². The summed E-state index contributed by atoms with van der Waals surface area (Å²) in [5.41, 5.74) is 2.88. The van der Waals surface area contributed by atoms with E-state index < -0.39 is 22.8 Å². The molecule has 0 spiro atoms. The first-order chi connectivity index (χ1) is 16.0. The van der Waals surface area contributed by atoms with Crippen LogP contribution in [-0.2, 0) is 11.4 Å². The standard InChI is InChI=1S/C22H18FN5O4S/c23-17-8-15-18(29)16(21(30)31)11-28(22-24-6-7-33-22)19(15)25-20(17)27-9-14(10-27)26-32-12-13-4-2-1-3-5-13/h1-8,11,14,26H,9-10,12H2,(H,30,31). The monoisotopic (exact) mass is 467 g/mol. The van der Waals surface area contributed by atoms with Crippen LogP contribution in [0.3, 0.4) is 0 Å². The Labute approximate surface area is 190 Å². The van der Waals surface area contributed by atoms with Crippen LogP contribution in [0.5, 0.6) is 0 Å². The zero-order valence-electron chi connectivity index (χ0n) is 17.1. The quantitative estimate of drug-likeness (QED) is 0.399. The van der Waals surface area contributed by atoms with Gasteiger partial charge in [-0.15, -0.1) is 11.3 Å². The summed E-state index contributed by atoms with van der Waals surface area (Å²) in [5, 5.41) is 11.4. The molecule has 4 heterocycles. The molecule has 0 radical (unpaired) electrons. The lowest BCUT2D eigenvalue weighted by atomic mass is 10.1. The number of rotatable bonds is 7. The normalized spacial score (nSPS) is 13.9. The highest BCUT2D eigenvalue weighted by Gasteiger charge is 2.31. The summed E-state index contributed by atoms with van der Waals surface area (Å²) in [4.78, 5) is 40.0. The van der Waals surface area contributed by atoms with Gasteiger partial charge in [-0.25, -0.2) is 19.2 Å². The van der Waals surface area contributed by atoms with E-state index in [0.717, 1.165) is 11.6 Å². The largest absolute Gasteiger partial charge is 0.477 e. The van der Waals surface area contributed by atoms with Gasteiger partial charge in [0.1, 0.15) is 5.56 Å². The van der Waals surface area contributed by atoms with Crippen LogP contribution >= 0.6 is 11.3 Å². The Morgan fingerprint density at radius 1 is 1.30 bits per heavy atom. The molecule has 1 fully saturated rings. The van der Waals surface area contributed by atoms with E-state index in [2.05, 4.69) is 15.4 Å². The second kappa shape index (κ2) is 8.70. The minimum atomic E-state index is -1.40. The number of carboxylic acid groups (broad SMARTS) is 1. The number of pyridine rings is 2. The summed E-state index contributed by atoms with van der Waals surface area (Å²) in [5.74, 6) is -2.02. The predicted octanol–water partition coefficient (Wildman–Crippen LogP) is 2.59. The first-order valence-electron chi connectivity index (χ1n) is 10.1. The van der Waals surface area contributed by atoms with E-state index in [0.29, 0.717) is 24.8 Å². The average Bonchev–Trinajstić information content (AvgIpc) is 3.31. The van der Waals surface area contributed by atoms with Crippen molar-refractivity contribution in [2.45, 2.75) is 12.6 Å². The summed E-state index contributed by atoms with van der Waals surface area (Å²) in [7, 11) is 0. The third-order valence-corrected chi connectivity index (χ3v) is 6.05. The van der Waals surface area contributed by atoms with Gasteiger partial charge in [0.2, 0.25) is 5.43 Å². The third-order valence-electron chi connectivity index (χ3n) is 5.28. The Morgan fingerprint density at radius 3 is 2.79 bits per heavy atom. The second-order valence-corrected chi connectivity index (χ2v) is 8.39. The van der Waals surface area contributed by atoms with Crippen LogP contribution in [-0.4, -0.2) is 44.7 Å². The van der Waals surface area contributed by atoms with E-state index in [-0.39, 0.29) is 22.9 Å². The Morgan fingerprint density at radius 2 is 2.09 bits per heavy atom. The molecule has 1 aliphatic heterocycles. The second-order valence-electron chi connectivity index (χ2n) is 7.52. The van der Waals surface area contributed by atoms with Gasteiger partial charge in [0.25, 0.3) is 0 Å². The summed E-state index contributed by atoms with van der Waals surface area (Å²) >= 11 is 1.25. The van der Waals surface area contributed by atoms with Crippen molar-refractivity contribution in [2.75, 3.05) is 18.0 Å². The number of nitrogens with zero attached hydrogens (tertiary/aromatic N) is 4. The van der Waals surface area contributed by atoms with E-state index in [1.54, 1.807) is 16.5 Å². The highest BCUT2D eigenvalue weighted by molar-refractivity contribution is 7.12. The number of carboxylic acids is 1. The molecule has 0 saturated carbocycles. The van der Waals surface area contributed by atoms with Crippen molar-refractivity contribution in [1.82, 2.24) is 20.0 Å². The maximum Gasteiger partial charge on any atom is 0.341 e. The van der Waals surface area contributed by atoms with E-state index in [4.69, 9.17) is 4.84 Å². The number of fused-ring (bicyclic) bond motifs is 1. The fraction of sp³-hybridized carbons (Fsp3) is 0.182. The summed E-state index contributed by atoms with van der Waals surface area (Å²) in [6.07, 6.45) is 2.73. The Hall–Kier alpha value is -3.67. The van der Waals surface area contributed by atoms with E-state index in [1.807, 2.05) is 30.3 Å². The lowest BCUT2D eigenvalue weighted by molar-refractivity contribution is -0.00285. The minimum absolute atomic E-state index is 0.0128. The number of halogens is 1. The van der Waals surface area contributed by atoms with Crippen molar-refractivity contribution < 1.29 is 19.1 Å². The number of aromatic carboxylic acids is 1. The van der Waals surface area contributed by atoms with Crippen molar-refractivity contribution in [1.29, 1.82) is 0 Å². The number of carbonyl (C=O) groups is 1. The Balaban J connectivity index is 1.39. The molecule has 0 aliphatic carbocycles. The van der Waals surface area contributed by atoms with Gasteiger partial charge in [0.05, 0.1) is 18.0 Å². The molecule has 0 bridgehead atoms. The van der Waals surface area contributed by atoms with Crippen molar-refractivity contribution in [3.05, 3.63) is 81.3 Å². The van der Waals surface area contributed by atoms with E-state index in [1.165, 1.54) is 22.1 Å². The fourth-order valence-corrected chi connectivity index (χ4v) is 4.23. The first kappa shape index (κ1) is 21.2. The number of benzene rings is 1. The van der Waals surface area contributed by atoms with Gasteiger partial charge < -0.3 is 10.0 Å². The van der Waals surface area contributed by atoms with Crippen molar-refractivity contribution in [3.8, 4) is 5.13 Å². The zero-order valence-corrected chi connectivity index (χ0v) is 18.0. The summed E-state index contributed by atoms with van der Waals surface area (Å²) < 4.78 is 16.3. The smallest absolute Gasteiger partial charge is 0.341 e. The van der Waals surface area contributed by atoms with Crippen LogP contribution in [0.1, 0.15) is 15.9 Å². The van der Waals surface area contributed by atoms with Gasteiger partial charge in [0, 0.05) is 30.9 Å². The molecule has 5 rings (SSSR count). The molecule has 3 aromatic heterocycles. The molecule has 0 amide bonds. The molecule has 1 saturated heterocycles. The molecule has 1 aliphatic rings. The molecule has 0 unspecified atom stereocenters. The molecular weight excluding hydrogens is 449 g/mol. The minimum Gasteiger partial charge on any atom is -0.477 e. The van der Waals surface area contributed by atoms with Gasteiger partial charge in [-0.05, 0) is 11.6 Å². The molecule has 1 aromatic carbocycles. The number of hydrogen-bond acceptors (Lipinski definition) is 8. The number of aromatic nitrogens is 3. The molecule has 11 heteroatoms. The van der Waals surface area contributed by atoms with Gasteiger partial charge in [-0.1, -0.05) is 30.3 Å². The molecule has 4 aromatic rings. The molecular formula is C22H18FN5O4S. The molecule has 2 N–H and O–H groups in total. The predicted molar refractivity (Wildman–Crippen MR) is 120 cm³/mol. The van der Waals surface area contributed by atoms with Gasteiger partial charge in [-0.2, -0.15) is 5.48 Å². The molecule has 9 nitrogen and oxygen atoms in total. The number of hydroxylamine groups is 1. The maximum absolute atomic E-state index is 14.9. The van der Waals surface area contributed by atoms with Crippen molar-refractivity contribution >= 4 is 34.2 Å². The van der Waals surface area contributed by atoms with Crippen molar-refractivity contribution in [3.63, 3.8) is 0 Å². The summed E-state index contributed by atoms with van der Waals surface area (Å²) in [6.45, 7) is 1.32. The molecule has 0 atom stereocenters. The number of thiazole rings is 1. The van der Waals surface area contributed by atoms with Crippen LogP contribution in [0.4, 0.5) is 10.2 Å². The molecule has 33 heavy (non-hydrogen) atoms. The molecule has 168 valence electrons. The first-order valence-corrected chi connectivity index (χ1v) is 10.9. The van der Waals surface area contributed by atoms with Crippen LogP contribution in [0.15, 0.2) is 59.0 Å². The van der Waals surface area contributed by atoms with E-state index >= 15 is 0 Å². The van der Waals surface area contributed by atoms with Crippen LogP contribution in [0.25, 0.3) is 16.2 Å². The number of hydrogen-bond donors (Lipinski definition) is 2. The average molecular weight is 467 g/mol. The highest BCUT2D eigenvalue weighted by Crippen LogP contribution is 2.27. The fourth-order valence-electron chi connectivity index (χ4n) is 3.61. The topological polar surface area (TPSA) is 110 Å². The van der Waals surface area contributed by atoms with Crippen LogP contribution in [0, 0.1) is 5.82 Å². The summed E-state index contributed by atoms with van der Waals surface area (Å²) in [6, 6.07) is 10.7. The number of anilines is 1. The lowest BCUT2D eigenvalue weighted by Crippen LogP contribution is -2.58. The van der Waals surface area contributed by atoms with Gasteiger partial charge in [-0.3, -0.25) is 14.2 Å². The zero-order chi connectivity index (χ0) is 22.9. The van der Waals surface area contributed by atoms with Crippen molar-refractivity contribution in [2.24, 2.45) is 0 Å². The highest BCUT2D eigenvalue weighted by atomic mass is 32.1. The SMILES string of the molecule is O=C(O)c1cn(-c2nccs2)c2nc(N3CC(NOCc4ccccc4)C3)c(F)cc2c1=O. The lowest BCUT2D eigenvalue weighted by Gasteiger charge is -2.40. The van der Waals surface area contributed by atoms with Crippen LogP contribution in [0.2, 0.25) is 0 Å². The maximum atomic E-state index is 14.9. The Bertz CT molecular complexity index is 1370. The third kappa shape index (κ3) is 4.09. The Kier molecular flexibility index (Phi) is 5.58.